The van der Waals surface area contributed by atoms with Gasteiger partial charge in [-0.3, -0.25) is 0 Å². The zero-order chi connectivity index (χ0) is 16.3. The summed E-state index contributed by atoms with van der Waals surface area (Å²) in [7, 11) is 0. The first kappa shape index (κ1) is 15.8. The molecule has 0 atom stereocenters. The van der Waals surface area contributed by atoms with Crippen LogP contribution >= 0.6 is 0 Å². The summed E-state index contributed by atoms with van der Waals surface area (Å²) in [6.45, 7) is 1.86. The van der Waals surface area contributed by atoms with Crippen molar-refractivity contribution in [1.29, 1.82) is 0 Å². The fraction of sp³-hybridized carbons (Fsp3) is 0.133. The number of aryl methyl sites for hydroxylation is 1. The molecule has 0 spiro atoms. The Bertz CT molecular complexity index is 681. The van der Waals surface area contributed by atoms with Crippen LogP contribution in [0.5, 0.6) is 0 Å². The molecule has 116 valence electrons. The molecule has 7 heteroatoms. The third-order valence-electron chi connectivity index (χ3n) is 2.85. The first-order chi connectivity index (χ1) is 10.3. The molecule has 22 heavy (non-hydrogen) atoms. The highest BCUT2D eigenvalue weighted by molar-refractivity contribution is 5.99. The Morgan fingerprint density at radius 3 is 2.23 bits per heavy atom. The monoisotopic (exact) mass is 312 g/mol. The van der Waals surface area contributed by atoms with Crippen molar-refractivity contribution in [3.8, 4) is 0 Å². The van der Waals surface area contributed by atoms with Crippen molar-refractivity contribution >= 4 is 17.4 Å². The highest BCUT2D eigenvalue weighted by atomic mass is 19.4. The van der Waals surface area contributed by atoms with E-state index in [1.165, 1.54) is 0 Å². The number of hydrogen-bond donors (Lipinski definition) is 2. The van der Waals surface area contributed by atoms with Gasteiger partial charge in [-0.05, 0) is 37.3 Å². The predicted octanol–water partition coefficient (Wildman–Crippen LogP) is 4.80. The highest BCUT2D eigenvalue weighted by Gasteiger charge is 2.31. The molecule has 0 heterocycles. The average Bonchev–Trinajstić information content (AvgIpc) is 2.42. The number of hydrogen-bond acceptors (Lipinski definition) is 1. The van der Waals surface area contributed by atoms with Gasteiger partial charge in [0.05, 0.1) is 11.3 Å². The number of benzene rings is 2. The van der Waals surface area contributed by atoms with Crippen LogP contribution in [0.15, 0.2) is 42.5 Å². The molecule has 2 amide bonds. The number of nitrogens with one attached hydrogen (secondary N) is 2. The van der Waals surface area contributed by atoms with Crippen LogP contribution < -0.4 is 10.6 Å². The summed E-state index contributed by atoms with van der Waals surface area (Å²) >= 11 is 0. The number of urea groups is 1. The van der Waals surface area contributed by atoms with Crippen molar-refractivity contribution < 1.29 is 22.4 Å². The first-order valence-electron chi connectivity index (χ1n) is 6.27. The van der Waals surface area contributed by atoms with E-state index in [0.717, 1.165) is 5.56 Å². The van der Waals surface area contributed by atoms with E-state index in [-0.39, 0.29) is 0 Å². The molecule has 2 N–H and O–H groups in total. The lowest BCUT2D eigenvalue weighted by molar-refractivity contribution is -0.137. The van der Waals surface area contributed by atoms with Crippen LogP contribution in [0.25, 0.3) is 0 Å². The molecule has 0 radical (unpaired) electrons. The smallest absolute Gasteiger partial charge is 0.308 e. The van der Waals surface area contributed by atoms with Gasteiger partial charge >= 0.3 is 12.2 Å². The largest absolute Gasteiger partial charge is 0.416 e. The quantitative estimate of drug-likeness (QED) is 0.769. The standard InChI is InChI=1S/C15H12F4N2O/c1-9-2-5-11(6-3-9)20-14(22)21-13-8-10(15(17,18)19)4-7-12(13)16/h2-8H,1H3,(H2,20,21,22). The second kappa shape index (κ2) is 6.05. The molecular formula is C15H12F4N2O. The number of halogens is 4. The second-order valence-corrected chi connectivity index (χ2v) is 4.64. The van der Waals surface area contributed by atoms with E-state index in [1.807, 2.05) is 6.92 Å². The summed E-state index contributed by atoms with van der Waals surface area (Å²) in [6.07, 6.45) is -4.61. The number of rotatable bonds is 2. The molecule has 0 aliphatic carbocycles. The number of anilines is 2. The zero-order valence-corrected chi connectivity index (χ0v) is 11.5. The van der Waals surface area contributed by atoms with Gasteiger partial charge in [-0.15, -0.1) is 0 Å². The maximum absolute atomic E-state index is 13.5. The molecule has 0 aliphatic rings. The number of carbonyl (C=O) groups is 1. The fourth-order valence-electron chi connectivity index (χ4n) is 1.72. The molecule has 0 bridgehead atoms. The maximum Gasteiger partial charge on any atom is 0.416 e. The van der Waals surface area contributed by atoms with Crippen LogP contribution in [-0.4, -0.2) is 6.03 Å². The summed E-state index contributed by atoms with van der Waals surface area (Å²) < 4.78 is 51.2. The summed E-state index contributed by atoms with van der Waals surface area (Å²) in [5.74, 6) is -0.952. The van der Waals surface area contributed by atoms with E-state index in [2.05, 4.69) is 10.6 Å². The normalized spacial score (nSPS) is 11.1. The molecule has 2 rings (SSSR count). The summed E-state index contributed by atoms with van der Waals surface area (Å²) in [5, 5.41) is 4.47. The lowest BCUT2D eigenvalue weighted by Gasteiger charge is -2.11. The third kappa shape index (κ3) is 3.97. The fourth-order valence-corrected chi connectivity index (χ4v) is 1.72. The van der Waals surface area contributed by atoms with Crippen LogP contribution in [0.1, 0.15) is 11.1 Å². The van der Waals surface area contributed by atoms with Gasteiger partial charge in [0.1, 0.15) is 5.82 Å². The van der Waals surface area contributed by atoms with Crippen molar-refractivity contribution in [1.82, 2.24) is 0 Å². The third-order valence-corrected chi connectivity index (χ3v) is 2.85. The molecule has 0 aromatic heterocycles. The molecule has 0 unspecified atom stereocenters. The summed E-state index contributed by atoms with van der Waals surface area (Å²) in [5.41, 5.74) is -0.163. The minimum absolute atomic E-state index is 0.440. The highest BCUT2D eigenvalue weighted by Crippen LogP contribution is 2.31. The topological polar surface area (TPSA) is 41.1 Å². The zero-order valence-electron chi connectivity index (χ0n) is 11.5. The maximum atomic E-state index is 13.5. The van der Waals surface area contributed by atoms with Crippen LogP contribution in [0.4, 0.5) is 33.7 Å². The number of amides is 2. The van der Waals surface area contributed by atoms with Crippen molar-refractivity contribution in [2.45, 2.75) is 13.1 Å². The van der Waals surface area contributed by atoms with E-state index in [1.54, 1.807) is 24.3 Å². The van der Waals surface area contributed by atoms with Gasteiger partial charge in [-0.1, -0.05) is 17.7 Å². The van der Waals surface area contributed by atoms with E-state index < -0.39 is 29.3 Å². The second-order valence-electron chi connectivity index (χ2n) is 4.64. The van der Waals surface area contributed by atoms with Gasteiger partial charge in [0, 0.05) is 5.69 Å². The van der Waals surface area contributed by atoms with Crippen molar-refractivity contribution in [3.63, 3.8) is 0 Å². The Hall–Kier alpha value is -2.57. The molecule has 0 saturated heterocycles. The van der Waals surface area contributed by atoms with Gasteiger partial charge in [-0.2, -0.15) is 13.2 Å². The lowest BCUT2D eigenvalue weighted by Crippen LogP contribution is -2.20. The molecule has 0 aliphatic heterocycles. The molecule has 3 nitrogen and oxygen atoms in total. The van der Waals surface area contributed by atoms with Crippen molar-refractivity contribution in [2.75, 3.05) is 10.6 Å². The van der Waals surface area contributed by atoms with Gasteiger partial charge in [-0.25, -0.2) is 9.18 Å². The van der Waals surface area contributed by atoms with Crippen molar-refractivity contribution in [2.24, 2.45) is 0 Å². The van der Waals surface area contributed by atoms with Crippen LogP contribution in [-0.2, 0) is 6.18 Å². The Labute approximate surface area is 124 Å². The molecule has 2 aromatic rings. The van der Waals surface area contributed by atoms with Gasteiger partial charge in [0.15, 0.2) is 0 Å². The minimum atomic E-state index is -4.61. The van der Waals surface area contributed by atoms with Crippen LogP contribution in [0, 0.1) is 12.7 Å². The summed E-state index contributed by atoms with van der Waals surface area (Å²) in [4.78, 5) is 11.7. The first-order valence-corrected chi connectivity index (χ1v) is 6.27. The molecule has 0 saturated carbocycles. The number of carbonyl (C=O) groups excluding carboxylic acids is 1. The van der Waals surface area contributed by atoms with Gasteiger partial charge < -0.3 is 10.6 Å². The Balaban J connectivity index is 2.12. The summed E-state index contributed by atoms with van der Waals surface area (Å²) in [6, 6.07) is 7.73. The van der Waals surface area contributed by atoms with Gasteiger partial charge in [0.2, 0.25) is 0 Å². The SMILES string of the molecule is Cc1ccc(NC(=O)Nc2cc(C(F)(F)F)ccc2F)cc1. The molecular weight excluding hydrogens is 300 g/mol. The van der Waals surface area contributed by atoms with Gasteiger partial charge in [0.25, 0.3) is 0 Å². The molecule has 2 aromatic carbocycles. The Morgan fingerprint density at radius 2 is 1.64 bits per heavy atom. The van der Waals surface area contributed by atoms with E-state index >= 15 is 0 Å². The number of alkyl halides is 3. The average molecular weight is 312 g/mol. The van der Waals surface area contributed by atoms with Crippen LogP contribution in [0.3, 0.4) is 0 Å². The van der Waals surface area contributed by atoms with E-state index in [0.29, 0.717) is 23.9 Å². The van der Waals surface area contributed by atoms with Crippen molar-refractivity contribution in [3.05, 3.63) is 59.4 Å². The predicted molar refractivity (Wildman–Crippen MR) is 75.2 cm³/mol. The van der Waals surface area contributed by atoms with E-state index in [4.69, 9.17) is 0 Å². The lowest BCUT2D eigenvalue weighted by atomic mass is 10.2. The Morgan fingerprint density at radius 1 is 1.00 bits per heavy atom. The molecule has 0 fully saturated rings. The van der Waals surface area contributed by atoms with Crippen LogP contribution in [0.2, 0.25) is 0 Å². The minimum Gasteiger partial charge on any atom is -0.308 e. The Kier molecular flexibility index (Phi) is 4.35. The van der Waals surface area contributed by atoms with E-state index in [9.17, 15) is 22.4 Å².